The highest BCUT2D eigenvalue weighted by atomic mass is 16.5. The second kappa shape index (κ2) is 7.06. The van der Waals surface area contributed by atoms with Crippen LogP contribution in [0.2, 0.25) is 0 Å². The standard InChI is InChI=1S/C24H23N5O2/c30-23-16-31-24(29(23)15-17-13-25-19-6-2-1-5-18(17)19)9-11-28(12-10-24)22-14-26-20-7-3-4-8-21(20)27-22/h1-8,13-14,25H,9-12,15-16H2. The summed E-state index contributed by atoms with van der Waals surface area (Å²) in [6.07, 6.45) is 5.33. The van der Waals surface area contributed by atoms with Gasteiger partial charge >= 0.3 is 0 Å². The van der Waals surface area contributed by atoms with E-state index >= 15 is 0 Å². The van der Waals surface area contributed by atoms with Crippen molar-refractivity contribution in [3.8, 4) is 0 Å². The van der Waals surface area contributed by atoms with Gasteiger partial charge in [0.1, 0.15) is 18.1 Å². The molecule has 1 N–H and O–H groups in total. The second-order valence-electron chi connectivity index (χ2n) is 8.28. The summed E-state index contributed by atoms with van der Waals surface area (Å²) in [6.45, 7) is 2.24. The maximum atomic E-state index is 12.8. The van der Waals surface area contributed by atoms with Crippen LogP contribution in [0.3, 0.4) is 0 Å². The number of para-hydroxylation sites is 3. The molecule has 31 heavy (non-hydrogen) atoms. The largest absolute Gasteiger partial charge is 0.361 e. The number of amides is 1. The van der Waals surface area contributed by atoms with Gasteiger partial charge in [-0.25, -0.2) is 4.98 Å². The molecule has 156 valence electrons. The fourth-order valence-corrected chi connectivity index (χ4v) is 4.84. The van der Waals surface area contributed by atoms with Gasteiger partial charge in [0.25, 0.3) is 5.91 Å². The molecule has 1 spiro atoms. The Kier molecular flexibility index (Phi) is 4.17. The Bertz CT molecular complexity index is 1280. The van der Waals surface area contributed by atoms with E-state index in [0.717, 1.165) is 59.2 Å². The number of piperidine rings is 1. The number of ether oxygens (including phenoxy) is 1. The minimum absolute atomic E-state index is 0.0595. The van der Waals surface area contributed by atoms with Crippen LogP contribution < -0.4 is 4.90 Å². The predicted octanol–water partition coefficient (Wildman–Crippen LogP) is 3.47. The van der Waals surface area contributed by atoms with Crippen molar-refractivity contribution in [3.63, 3.8) is 0 Å². The highest BCUT2D eigenvalue weighted by Gasteiger charge is 2.48. The Balaban J connectivity index is 1.23. The highest BCUT2D eigenvalue weighted by molar-refractivity contribution is 5.85. The molecule has 2 fully saturated rings. The van der Waals surface area contributed by atoms with E-state index in [9.17, 15) is 4.79 Å². The maximum absolute atomic E-state index is 12.8. The zero-order valence-electron chi connectivity index (χ0n) is 17.1. The van der Waals surface area contributed by atoms with Gasteiger partial charge in [-0.05, 0) is 23.8 Å². The summed E-state index contributed by atoms with van der Waals surface area (Å²) >= 11 is 0. The number of rotatable bonds is 3. The van der Waals surface area contributed by atoms with Crippen LogP contribution in [0.25, 0.3) is 21.9 Å². The lowest BCUT2D eigenvalue weighted by atomic mass is 9.98. The Morgan fingerprint density at radius 3 is 2.68 bits per heavy atom. The van der Waals surface area contributed by atoms with Crippen LogP contribution in [-0.2, 0) is 16.1 Å². The molecule has 2 aliphatic heterocycles. The van der Waals surface area contributed by atoms with E-state index in [4.69, 9.17) is 9.72 Å². The lowest BCUT2D eigenvalue weighted by Crippen LogP contribution is -2.53. The predicted molar refractivity (Wildman–Crippen MR) is 119 cm³/mol. The second-order valence-corrected chi connectivity index (χ2v) is 8.28. The van der Waals surface area contributed by atoms with Crippen LogP contribution in [0, 0.1) is 0 Å². The van der Waals surface area contributed by atoms with Crippen molar-refractivity contribution in [2.45, 2.75) is 25.1 Å². The fraction of sp³-hybridized carbons (Fsp3) is 0.292. The molecule has 1 amide bonds. The maximum Gasteiger partial charge on any atom is 0.251 e. The Morgan fingerprint density at radius 1 is 1.03 bits per heavy atom. The van der Waals surface area contributed by atoms with Crippen molar-refractivity contribution >= 4 is 33.7 Å². The van der Waals surface area contributed by atoms with Crippen molar-refractivity contribution in [1.82, 2.24) is 19.9 Å². The third kappa shape index (κ3) is 3.04. The van der Waals surface area contributed by atoms with E-state index in [1.54, 1.807) is 0 Å². The minimum Gasteiger partial charge on any atom is -0.361 e. The highest BCUT2D eigenvalue weighted by Crippen LogP contribution is 2.37. The third-order valence-electron chi connectivity index (χ3n) is 6.57. The number of carbonyl (C=O) groups excluding carboxylic acids is 1. The van der Waals surface area contributed by atoms with E-state index in [2.05, 4.69) is 27.0 Å². The SMILES string of the molecule is O=C1COC2(CCN(c3cnc4ccccc4n3)CC2)N1Cc1c[nH]c2ccccc12. The molecule has 2 saturated heterocycles. The zero-order chi connectivity index (χ0) is 20.8. The summed E-state index contributed by atoms with van der Waals surface area (Å²) in [4.78, 5) is 29.6. The summed E-state index contributed by atoms with van der Waals surface area (Å²) in [5.41, 5.74) is 3.46. The lowest BCUT2D eigenvalue weighted by Gasteiger charge is -2.43. The third-order valence-corrected chi connectivity index (χ3v) is 6.57. The molecule has 4 aromatic rings. The Morgan fingerprint density at radius 2 is 1.81 bits per heavy atom. The number of anilines is 1. The first-order chi connectivity index (χ1) is 15.2. The Labute approximate surface area is 179 Å². The number of benzene rings is 2. The summed E-state index contributed by atoms with van der Waals surface area (Å²) in [5, 5.41) is 1.15. The number of aromatic nitrogens is 3. The van der Waals surface area contributed by atoms with E-state index in [-0.39, 0.29) is 12.5 Å². The molecule has 0 unspecified atom stereocenters. The van der Waals surface area contributed by atoms with Crippen LogP contribution in [0.4, 0.5) is 5.82 Å². The first-order valence-electron chi connectivity index (χ1n) is 10.7. The van der Waals surface area contributed by atoms with Crippen LogP contribution in [0.1, 0.15) is 18.4 Å². The number of aromatic amines is 1. The van der Waals surface area contributed by atoms with Crippen molar-refractivity contribution in [2.24, 2.45) is 0 Å². The van der Waals surface area contributed by atoms with Gasteiger partial charge in [0.15, 0.2) is 0 Å². The summed E-state index contributed by atoms with van der Waals surface area (Å²) in [5.74, 6) is 0.935. The molecule has 0 atom stereocenters. The van der Waals surface area contributed by atoms with Crippen molar-refractivity contribution in [3.05, 3.63) is 66.5 Å². The topological polar surface area (TPSA) is 74.3 Å². The smallest absolute Gasteiger partial charge is 0.251 e. The number of hydrogen-bond acceptors (Lipinski definition) is 5. The molecule has 6 rings (SSSR count). The molecule has 0 radical (unpaired) electrons. The van der Waals surface area contributed by atoms with Crippen molar-refractivity contribution < 1.29 is 9.53 Å². The van der Waals surface area contributed by atoms with E-state index in [0.29, 0.717) is 6.54 Å². The molecule has 4 heterocycles. The van der Waals surface area contributed by atoms with Gasteiger partial charge in [-0.2, -0.15) is 0 Å². The van der Waals surface area contributed by atoms with Gasteiger partial charge in [-0.15, -0.1) is 0 Å². The quantitative estimate of drug-likeness (QED) is 0.557. The van der Waals surface area contributed by atoms with Crippen LogP contribution in [-0.4, -0.2) is 51.2 Å². The lowest BCUT2D eigenvalue weighted by molar-refractivity contribution is -0.137. The number of fused-ring (bicyclic) bond motifs is 2. The van der Waals surface area contributed by atoms with Crippen LogP contribution >= 0.6 is 0 Å². The first-order valence-corrected chi connectivity index (χ1v) is 10.7. The van der Waals surface area contributed by atoms with Crippen LogP contribution in [0.15, 0.2) is 60.9 Å². The van der Waals surface area contributed by atoms with Gasteiger partial charge in [0.05, 0.1) is 23.8 Å². The molecule has 2 aliphatic rings. The van der Waals surface area contributed by atoms with Crippen molar-refractivity contribution in [2.75, 3.05) is 24.6 Å². The molecule has 0 aliphatic carbocycles. The van der Waals surface area contributed by atoms with E-state index in [1.807, 2.05) is 53.7 Å². The minimum atomic E-state index is -0.545. The normalized spacial score (nSPS) is 18.5. The summed E-state index contributed by atoms with van der Waals surface area (Å²) in [6, 6.07) is 16.1. The number of carbonyl (C=O) groups is 1. The van der Waals surface area contributed by atoms with Crippen LogP contribution in [0.5, 0.6) is 0 Å². The molecular formula is C24H23N5O2. The number of hydrogen-bond donors (Lipinski definition) is 1. The average molecular weight is 413 g/mol. The fourth-order valence-electron chi connectivity index (χ4n) is 4.84. The van der Waals surface area contributed by atoms with Gasteiger partial charge in [-0.3, -0.25) is 9.78 Å². The number of nitrogens with one attached hydrogen (secondary N) is 1. The molecule has 2 aromatic heterocycles. The Hall–Kier alpha value is -3.45. The molecule has 0 bridgehead atoms. The molecule has 7 nitrogen and oxygen atoms in total. The van der Waals surface area contributed by atoms with Gasteiger partial charge in [-0.1, -0.05) is 30.3 Å². The first kappa shape index (κ1) is 18.3. The van der Waals surface area contributed by atoms with E-state index in [1.165, 1.54) is 0 Å². The van der Waals surface area contributed by atoms with Gasteiger partial charge < -0.3 is 19.5 Å². The van der Waals surface area contributed by atoms with Gasteiger partial charge in [0, 0.05) is 43.0 Å². The van der Waals surface area contributed by atoms with E-state index < -0.39 is 5.72 Å². The summed E-state index contributed by atoms with van der Waals surface area (Å²) < 4.78 is 6.13. The molecule has 2 aromatic carbocycles. The number of H-pyrrole nitrogens is 1. The molecule has 7 heteroatoms. The number of nitrogens with zero attached hydrogens (tertiary/aromatic N) is 4. The van der Waals surface area contributed by atoms with Crippen molar-refractivity contribution in [1.29, 1.82) is 0 Å². The monoisotopic (exact) mass is 413 g/mol. The molecular weight excluding hydrogens is 390 g/mol. The average Bonchev–Trinajstić information content (AvgIpc) is 3.36. The summed E-state index contributed by atoms with van der Waals surface area (Å²) in [7, 11) is 0. The van der Waals surface area contributed by atoms with Gasteiger partial charge in [0.2, 0.25) is 0 Å². The zero-order valence-corrected chi connectivity index (χ0v) is 17.1. The molecule has 0 saturated carbocycles.